The van der Waals surface area contributed by atoms with Crippen molar-refractivity contribution < 1.29 is 18.3 Å². The lowest BCUT2D eigenvalue weighted by molar-refractivity contribution is -0.144. The first kappa shape index (κ1) is 16.9. The summed E-state index contributed by atoms with van der Waals surface area (Å²) in [6.07, 6.45) is 0.871. The van der Waals surface area contributed by atoms with Gasteiger partial charge in [-0.1, -0.05) is 31.2 Å². The summed E-state index contributed by atoms with van der Waals surface area (Å²) in [4.78, 5) is 23.7. The van der Waals surface area contributed by atoms with Gasteiger partial charge in [0.1, 0.15) is 18.0 Å². The Labute approximate surface area is 143 Å². The van der Waals surface area contributed by atoms with Crippen LogP contribution in [0.4, 0.5) is 4.39 Å². The SMILES string of the molecule is CCc1ccc2c(COC(=O)Cc3ccc(F)cc3)cc(=O)oc2c1. The van der Waals surface area contributed by atoms with Crippen LogP contribution in [0.25, 0.3) is 11.0 Å². The predicted molar refractivity (Wildman–Crippen MR) is 91.8 cm³/mol. The van der Waals surface area contributed by atoms with E-state index in [0.717, 1.165) is 17.4 Å². The number of halogens is 1. The molecule has 0 spiro atoms. The third-order valence-corrected chi connectivity index (χ3v) is 3.95. The van der Waals surface area contributed by atoms with E-state index in [9.17, 15) is 14.0 Å². The van der Waals surface area contributed by atoms with Crippen molar-refractivity contribution in [1.82, 2.24) is 0 Å². The van der Waals surface area contributed by atoms with E-state index in [4.69, 9.17) is 9.15 Å². The van der Waals surface area contributed by atoms with Crippen molar-refractivity contribution in [3.05, 3.63) is 81.5 Å². The Morgan fingerprint density at radius 2 is 1.80 bits per heavy atom. The highest BCUT2D eigenvalue weighted by Gasteiger charge is 2.10. The molecule has 0 atom stereocenters. The van der Waals surface area contributed by atoms with E-state index in [1.807, 2.05) is 25.1 Å². The molecule has 1 aromatic heterocycles. The van der Waals surface area contributed by atoms with Crippen molar-refractivity contribution >= 4 is 16.9 Å². The van der Waals surface area contributed by atoms with Crippen molar-refractivity contribution in [3.63, 3.8) is 0 Å². The lowest BCUT2D eigenvalue weighted by Crippen LogP contribution is -2.10. The second kappa shape index (κ2) is 7.30. The molecule has 4 nitrogen and oxygen atoms in total. The second-order valence-electron chi connectivity index (χ2n) is 5.74. The Bertz CT molecular complexity index is 958. The van der Waals surface area contributed by atoms with Gasteiger partial charge < -0.3 is 9.15 Å². The van der Waals surface area contributed by atoms with Gasteiger partial charge in [0.05, 0.1) is 6.42 Å². The Kier molecular flexibility index (Phi) is 4.93. The fourth-order valence-electron chi connectivity index (χ4n) is 2.59. The summed E-state index contributed by atoms with van der Waals surface area (Å²) in [6.45, 7) is 1.99. The number of hydrogen-bond acceptors (Lipinski definition) is 4. The van der Waals surface area contributed by atoms with E-state index in [0.29, 0.717) is 16.7 Å². The first-order valence-electron chi connectivity index (χ1n) is 8.01. The predicted octanol–water partition coefficient (Wildman–Crippen LogP) is 3.78. The summed E-state index contributed by atoms with van der Waals surface area (Å²) in [7, 11) is 0. The van der Waals surface area contributed by atoms with E-state index in [1.54, 1.807) is 0 Å². The molecular weight excluding hydrogens is 323 g/mol. The van der Waals surface area contributed by atoms with Gasteiger partial charge in [0.2, 0.25) is 0 Å². The molecule has 0 unspecified atom stereocenters. The molecule has 0 saturated heterocycles. The molecule has 0 saturated carbocycles. The summed E-state index contributed by atoms with van der Waals surface area (Å²) in [6, 6.07) is 12.6. The topological polar surface area (TPSA) is 56.5 Å². The molecule has 1 heterocycles. The number of esters is 1. The third-order valence-electron chi connectivity index (χ3n) is 3.95. The van der Waals surface area contributed by atoms with Crippen LogP contribution < -0.4 is 5.63 Å². The number of carbonyl (C=O) groups is 1. The van der Waals surface area contributed by atoms with Crippen LogP contribution in [0.3, 0.4) is 0 Å². The monoisotopic (exact) mass is 340 g/mol. The van der Waals surface area contributed by atoms with Crippen LogP contribution in [0, 0.1) is 5.82 Å². The number of aryl methyl sites for hydroxylation is 1. The molecule has 0 aliphatic carbocycles. The molecule has 0 aliphatic heterocycles. The maximum Gasteiger partial charge on any atom is 0.336 e. The Morgan fingerprint density at radius 3 is 2.52 bits per heavy atom. The van der Waals surface area contributed by atoms with Crippen molar-refractivity contribution in [3.8, 4) is 0 Å². The average Bonchev–Trinajstić information content (AvgIpc) is 2.61. The van der Waals surface area contributed by atoms with Gasteiger partial charge in [-0.2, -0.15) is 0 Å². The maximum absolute atomic E-state index is 12.9. The Hall–Kier alpha value is -2.95. The highest BCUT2D eigenvalue weighted by atomic mass is 19.1. The molecular formula is C20H17FO4. The molecule has 0 radical (unpaired) electrons. The fraction of sp³-hybridized carbons (Fsp3) is 0.200. The summed E-state index contributed by atoms with van der Waals surface area (Å²) in [5, 5.41) is 0.742. The summed E-state index contributed by atoms with van der Waals surface area (Å²) in [5.41, 5.74) is 2.32. The van der Waals surface area contributed by atoms with Crippen molar-refractivity contribution in [2.24, 2.45) is 0 Å². The van der Waals surface area contributed by atoms with Crippen LogP contribution in [0.5, 0.6) is 0 Å². The van der Waals surface area contributed by atoms with Crippen LogP contribution in [-0.4, -0.2) is 5.97 Å². The lowest BCUT2D eigenvalue weighted by Gasteiger charge is -2.08. The van der Waals surface area contributed by atoms with Gasteiger partial charge in [-0.3, -0.25) is 4.79 Å². The van der Waals surface area contributed by atoms with Gasteiger partial charge in [0, 0.05) is 17.0 Å². The zero-order valence-corrected chi connectivity index (χ0v) is 13.8. The standard InChI is InChI=1S/C20H17FO4/c1-2-13-5-8-17-15(11-20(23)25-18(17)9-13)12-24-19(22)10-14-3-6-16(21)7-4-14/h3-9,11H,2,10,12H2,1H3. The van der Waals surface area contributed by atoms with Gasteiger partial charge in [0.15, 0.2) is 0 Å². The average molecular weight is 340 g/mol. The molecule has 0 fully saturated rings. The molecule has 3 aromatic rings. The summed E-state index contributed by atoms with van der Waals surface area (Å²) in [5.74, 6) is -0.802. The molecule has 128 valence electrons. The molecule has 25 heavy (non-hydrogen) atoms. The quantitative estimate of drug-likeness (QED) is 0.524. The number of rotatable bonds is 5. The molecule has 0 amide bonds. The third kappa shape index (κ3) is 4.12. The molecule has 0 aliphatic rings. The van der Waals surface area contributed by atoms with Gasteiger partial charge in [-0.05, 0) is 35.7 Å². The highest BCUT2D eigenvalue weighted by Crippen LogP contribution is 2.20. The van der Waals surface area contributed by atoms with Crippen LogP contribution in [0.15, 0.2) is 57.7 Å². The van der Waals surface area contributed by atoms with Gasteiger partial charge in [0.25, 0.3) is 0 Å². The first-order chi connectivity index (χ1) is 12.0. The number of hydrogen-bond donors (Lipinski definition) is 0. The van der Waals surface area contributed by atoms with Gasteiger partial charge >= 0.3 is 11.6 Å². The van der Waals surface area contributed by atoms with Crippen LogP contribution in [0.1, 0.15) is 23.6 Å². The Balaban J connectivity index is 1.75. The molecule has 0 N–H and O–H groups in total. The van der Waals surface area contributed by atoms with Crippen LogP contribution in [-0.2, 0) is 29.0 Å². The van der Waals surface area contributed by atoms with E-state index < -0.39 is 11.6 Å². The number of ether oxygens (including phenoxy) is 1. The minimum atomic E-state index is -0.481. The fourth-order valence-corrected chi connectivity index (χ4v) is 2.59. The molecule has 0 bridgehead atoms. The minimum Gasteiger partial charge on any atom is -0.461 e. The van der Waals surface area contributed by atoms with Crippen molar-refractivity contribution in [2.45, 2.75) is 26.4 Å². The molecule has 3 rings (SSSR count). The maximum atomic E-state index is 12.9. The molecule has 2 aromatic carbocycles. The number of benzene rings is 2. The van der Waals surface area contributed by atoms with E-state index >= 15 is 0 Å². The summed E-state index contributed by atoms with van der Waals surface area (Å²) >= 11 is 0. The van der Waals surface area contributed by atoms with Gasteiger partial charge in [-0.15, -0.1) is 0 Å². The van der Waals surface area contributed by atoms with Crippen LogP contribution >= 0.6 is 0 Å². The minimum absolute atomic E-state index is 0.0202. The normalized spacial score (nSPS) is 10.8. The van der Waals surface area contributed by atoms with E-state index in [2.05, 4.69) is 0 Å². The lowest BCUT2D eigenvalue weighted by atomic mass is 10.1. The smallest absolute Gasteiger partial charge is 0.336 e. The summed E-state index contributed by atoms with van der Waals surface area (Å²) < 4.78 is 23.4. The van der Waals surface area contributed by atoms with Crippen LogP contribution in [0.2, 0.25) is 0 Å². The van der Waals surface area contributed by atoms with Crippen molar-refractivity contribution in [2.75, 3.05) is 0 Å². The molecule has 5 heteroatoms. The van der Waals surface area contributed by atoms with E-state index in [1.165, 1.54) is 30.3 Å². The first-order valence-corrected chi connectivity index (χ1v) is 8.01. The largest absolute Gasteiger partial charge is 0.461 e. The zero-order chi connectivity index (χ0) is 17.8. The number of carbonyl (C=O) groups excluding carboxylic acids is 1. The van der Waals surface area contributed by atoms with E-state index in [-0.39, 0.29) is 18.8 Å². The highest BCUT2D eigenvalue weighted by molar-refractivity contribution is 5.81. The van der Waals surface area contributed by atoms with Gasteiger partial charge in [-0.25, -0.2) is 9.18 Å². The zero-order valence-electron chi connectivity index (χ0n) is 13.8. The second-order valence-corrected chi connectivity index (χ2v) is 5.74. The Morgan fingerprint density at radius 1 is 1.08 bits per heavy atom. The number of fused-ring (bicyclic) bond motifs is 1. The van der Waals surface area contributed by atoms with Crippen molar-refractivity contribution in [1.29, 1.82) is 0 Å².